The summed E-state index contributed by atoms with van der Waals surface area (Å²) < 4.78 is 11.5. The molecule has 174 valence electrons. The van der Waals surface area contributed by atoms with Crippen LogP contribution in [0.1, 0.15) is 25.0 Å². The molecule has 32 heavy (non-hydrogen) atoms. The molecule has 2 unspecified atom stereocenters. The molecule has 1 aromatic carbocycles. The van der Waals surface area contributed by atoms with Gasteiger partial charge in [-0.3, -0.25) is 4.99 Å². The molecule has 2 heterocycles. The average Bonchev–Trinajstić information content (AvgIpc) is 2.78. The number of pyridine rings is 1. The molecule has 1 aliphatic heterocycles. The Bertz CT molecular complexity index is 865. The van der Waals surface area contributed by atoms with E-state index >= 15 is 0 Å². The van der Waals surface area contributed by atoms with Gasteiger partial charge in [-0.15, -0.1) is 24.0 Å². The van der Waals surface area contributed by atoms with Crippen LogP contribution in [0.15, 0.2) is 60.2 Å². The topological polar surface area (TPSA) is 71.0 Å². The normalized spacial score (nSPS) is 18.5. The largest absolute Gasteiger partial charge is 0.489 e. The van der Waals surface area contributed by atoms with Crippen LogP contribution in [0.3, 0.4) is 0 Å². The van der Waals surface area contributed by atoms with E-state index in [9.17, 15) is 0 Å². The molecule has 1 aliphatic rings. The second-order valence-electron chi connectivity index (χ2n) is 7.67. The van der Waals surface area contributed by atoms with Crippen LogP contribution in [-0.2, 0) is 17.8 Å². The highest BCUT2D eigenvalue weighted by Crippen LogP contribution is 2.19. The highest BCUT2D eigenvalue weighted by molar-refractivity contribution is 14.0. The number of nitrogens with zero attached hydrogens (tertiary/aromatic N) is 3. The molecule has 0 aliphatic carbocycles. The van der Waals surface area contributed by atoms with Gasteiger partial charge < -0.3 is 25.0 Å². The number of ether oxygens (including phenoxy) is 2. The summed E-state index contributed by atoms with van der Waals surface area (Å²) in [6, 6.07) is 12.1. The molecule has 0 spiro atoms. The number of rotatable bonds is 8. The maximum atomic E-state index is 5.81. The molecule has 2 atom stereocenters. The monoisotopic (exact) mass is 551 g/mol. The minimum Gasteiger partial charge on any atom is -0.489 e. The van der Waals surface area contributed by atoms with Gasteiger partial charge in [0.2, 0.25) is 0 Å². The lowest BCUT2D eigenvalue weighted by atomic mass is 10.2. The number of morpholine rings is 1. The number of hydrogen-bond acceptors (Lipinski definition) is 5. The van der Waals surface area contributed by atoms with E-state index in [2.05, 4.69) is 58.1 Å². The van der Waals surface area contributed by atoms with Crippen LogP contribution in [0.25, 0.3) is 0 Å². The Hall–Kier alpha value is -2.33. The van der Waals surface area contributed by atoms with Gasteiger partial charge in [0, 0.05) is 45.0 Å². The molecule has 1 fully saturated rings. The van der Waals surface area contributed by atoms with Crippen molar-refractivity contribution in [2.45, 2.75) is 39.1 Å². The molecule has 0 amide bonds. The molecule has 0 bridgehead atoms. The van der Waals surface area contributed by atoms with Gasteiger partial charge in [-0.2, -0.15) is 0 Å². The van der Waals surface area contributed by atoms with Crippen molar-refractivity contribution >= 4 is 35.8 Å². The van der Waals surface area contributed by atoms with Gasteiger partial charge in [0.05, 0.1) is 12.2 Å². The summed E-state index contributed by atoms with van der Waals surface area (Å²) in [6.07, 6.45) is 4.09. The van der Waals surface area contributed by atoms with E-state index in [-0.39, 0.29) is 36.2 Å². The number of aromatic nitrogens is 1. The summed E-state index contributed by atoms with van der Waals surface area (Å²) in [5, 5.41) is 6.68. The molecule has 7 nitrogen and oxygen atoms in total. The van der Waals surface area contributed by atoms with Crippen molar-refractivity contribution in [3.8, 4) is 5.75 Å². The van der Waals surface area contributed by atoms with E-state index in [0.29, 0.717) is 19.7 Å². The van der Waals surface area contributed by atoms with Gasteiger partial charge in [0.25, 0.3) is 0 Å². The first-order valence-corrected chi connectivity index (χ1v) is 10.7. The number of anilines is 1. The Balaban J connectivity index is 0.00000363. The van der Waals surface area contributed by atoms with Crippen LogP contribution >= 0.6 is 24.0 Å². The summed E-state index contributed by atoms with van der Waals surface area (Å²) >= 11 is 0. The van der Waals surface area contributed by atoms with Crippen LogP contribution in [0, 0.1) is 0 Å². The average molecular weight is 551 g/mol. The zero-order valence-corrected chi connectivity index (χ0v) is 21.4. The quantitative estimate of drug-likeness (QED) is 0.226. The second-order valence-corrected chi connectivity index (χ2v) is 7.67. The molecule has 0 radical (unpaired) electrons. The maximum Gasteiger partial charge on any atom is 0.191 e. The highest BCUT2D eigenvalue weighted by Gasteiger charge is 2.22. The number of hydrogen-bond donors (Lipinski definition) is 2. The molecule has 0 saturated carbocycles. The van der Waals surface area contributed by atoms with Gasteiger partial charge in [-0.25, -0.2) is 4.98 Å². The third-order valence-corrected chi connectivity index (χ3v) is 5.01. The van der Waals surface area contributed by atoms with E-state index in [1.54, 1.807) is 13.1 Å². The molecule has 8 heteroatoms. The number of para-hydroxylation sites is 1. The van der Waals surface area contributed by atoms with Gasteiger partial charge in [0.15, 0.2) is 5.96 Å². The van der Waals surface area contributed by atoms with Crippen molar-refractivity contribution in [2.24, 2.45) is 4.99 Å². The van der Waals surface area contributed by atoms with Crippen molar-refractivity contribution in [1.29, 1.82) is 0 Å². The fourth-order valence-corrected chi connectivity index (χ4v) is 3.60. The summed E-state index contributed by atoms with van der Waals surface area (Å²) in [4.78, 5) is 11.2. The molecule has 2 aromatic rings. The first-order chi connectivity index (χ1) is 15.1. The van der Waals surface area contributed by atoms with Crippen LogP contribution < -0.4 is 20.3 Å². The van der Waals surface area contributed by atoms with Crippen LogP contribution in [0.4, 0.5) is 5.82 Å². The molecular weight excluding hydrogens is 517 g/mol. The first-order valence-electron chi connectivity index (χ1n) is 10.7. The van der Waals surface area contributed by atoms with Crippen molar-refractivity contribution in [3.63, 3.8) is 0 Å². The number of aliphatic imine (C=N–C) groups is 1. The van der Waals surface area contributed by atoms with Crippen molar-refractivity contribution in [2.75, 3.05) is 31.6 Å². The Labute approximate surface area is 208 Å². The fraction of sp³-hybridized carbons (Fsp3) is 0.417. The molecule has 3 rings (SSSR count). The van der Waals surface area contributed by atoms with Crippen molar-refractivity contribution in [3.05, 3.63) is 66.4 Å². The van der Waals surface area contributed by atoms with Gasteiger partial charge in [0.1, 0.15) is 18.2 Å². The Morgan fingerprint density at radius 2 is 1.91 bits per heavy atom. The smallest absolute Gasteiger partial charge is 0.191 e. The van der Waals surface area contributed by atoms with Gasteiger partial charge >= 0.3 is 0 Å². The second kappa shape index (κ2) is 13.3. The van der Waals surface area contributed by atoms with E-state index in [1.165, 1.54) is 0 Å². The standard InChI is InChI=1S/C24H33N5O2.HI/c1-5-12-30-22-9-7-6-8-21(22)15-28-24(25-4)27-14-20-10-11-23(26-13-20)29-16-18(2)31-19(3)17-29;/h5-11,13,18-19H,1,12,14-17H2,2-4H3,(H2,25,27,28);1H. The first kappa shape index (κ1) is 25.9. The number of nitrogens with one attached hydrogen (secondary N) is 2. The molecule has 2 N–H and O–H groups in total. The van der Waals surface area contributed by atoms with Crippen molar-refractivity contribution < 1.29 is 9.47 Å². The van der Waals surface area contributed by atoms with Crippen molar-refractivity contribution in [1.82, 2.24) is 15.6 Å². The Kier molecular flexibility index (Phi) is 10.8. The molecular formula is C24H34IN5O2. The molecule has 1 saturated heterocycles. The number of benzene rings is 1. The van der Waals surface area contributed by atoms with E-state index in [4.69, 9.17) is 9.47 Å². The van der Waals surface area contributed by atoms with E-state index in [0.717, 1.165) is 41.7 Å². The lowest BCUT2D eigenvalue weighted by Crippen LogP contribution is -2.45. The maximum absolute atomic E-state index is 5.81. The van der Waals surface area contributed by atoms with Gasteiger partial charge in [-0.05, 0) is 31.5 Å². The number of guanidine groups is 1. The fourth-order valence-electron chi connectivity index (χ4n) is 3.60. The summed E-state index contributed by atoms with van der Waals surface area (Å²) in [5.74, 6) is 2.56. The summed E-state index contributed by atoms with van der Waals surface area (Å²) in [5.41, 5.74) is 2.16. The molecule has 1 aromatic heterocycles. The minimum atomic E-state index is 0. The number of halogens is 1. The highest BCUT2D eigenvalue weighted by atomic mass is 127. The minimum absolute atomic E-state index is 0. The lowest BCUT2D eigenvalue weighted by Gasteiger charge is -2.36. The third-order valence-electron chi connectivity index (χ3n) is 5.01. The summed E-state index contributed by atoms with van der Waals surface area (Å²) in [6.45, 7) is 11.4. The zero-order valence-electron chi connectivity index (χ0n) is 19.1. The zero-order chi connectivity index (χ0) is 22.1. The van der Waals surface area contributed by atoms with Crippen LogP contribution in [-0.4, -0.2) is 49.9 Å². The van der Waals surface area contributed by atoms with Crippen LogP contribution in [0.5, 0.6) is 5.75 Å². The Morgan fingerprint density at radius 1 is 1.19 bits per heavy atom. The van der Waals surface area contributed by atoms with E-state index in [1.807, 2.05) is 30.5 Å². The SMILES string of the molecule is C=CCOc1ccccc1CNC(=NC)NCc1ccc(N2CC(C)OC(C)C2)nc1.I. The van der Waals surface area contributed by atoms with Crippen LogP contribution in [0.2, 0.25) is 0 Å². The predicted molar refractivity (Wildman–Crippen MR) is 141 cm³/mol. The lowest BCUT2D eigenvalue weighted by molar-refractivity contribution is -0.00545. The summed E-state index contributed by atoms with van der Waals surface area (Å²) in [7, 11) is 1.76. The van der Waals surface area contributed by atoms with E-state index < -0.39 is 0 Å². The predicted octanol–water partition coefficient (Wildman–Crippen LogP) is 3.74. The van der Waals surface area contributed by atoms with Gasteiger partial charge in [-0.1, -0.05) is 36.9 Å². The third kappa shape index (κ3) is 7.67. The Morgan fingerprint density at radius 3 is 2.56 bits per heavy atom.